The van der Waals surface area contributed by atoms with Gasteiger partial charge in [0.2, 0.25) is 6.41 Å². The van der Waals surface area contributed by atoms with Gasteiger partial charge in [0, 0.05) is 11.1 Å². The summed E-state index contributed by atoms with van der Waals surface area (Å²) in [5.74, 6) is 0. The van der Waals surface area contributed by atoms with Crippen LogP contribution in [0.4, 0.5) is 0 Å². The number of nitrogens with zero attached hydrogens (tertiary/aromatic N) is 1. The van der Waals surface area contributed by atoms with Crippen LogP contribution in [0.5, 0.6) is 0 Å². The Balaban J connectivity index is 2.35. The van der Waals surface area contributed by atoms with Crippen LogP contribution in [0.3, 0.4) is 0 Å². The predicted molar refractivity (Wildman–Crippen MR) is 53.0 cm³/mol. The first-order valence-electron chi connectivity index (χ1n) is 4.02. The minimum absolute atomic E-state index is 0.670. The van der Waals surface area contributed by atoms with Gasteiger partial charge in [-0.25, -0.2) is 0 Å². The predicted octanol–water partition coefficient (Wildman–Crippen LogP) is 2.22. The summed E-state index contributed by atoms with van der Waals surface area (Å²) in [5.41, 5.74) is 1.20. The largest absolute Gasteiger partial charge is 0.317 e. The van der Waals surface area contributed by atoms with Crippen molar-refractivity contribution in [1.82, 2.24) is 4.90 Å². The Hall–Kier alpha value is -1.22. The molecule has 3 heteroatoms. The summed E-state index contributed by atoms with van der Waals surface area (Å²) in [6, 6.07) is 8.12. The molecule has 0 aromatic heterocycles. The van der Waals surface area contributed by atoms with E-state index in [4.69, 9.17) is 0 Å². The van der Waals surface area contributed by atoms with Crippen molar-refractivity contribution in [2.45, 2.75) is 11.4 Å². The van der Waals surface area contributed by atoms with Crippen LogP contribution >= 0.6 is 11.8 Å². The molecule has 2 rings (SSSR count). The maximum absolute atomic E-state index is 10.6. The Morgan fingerprint density at radius 3 is 3.08 bits per heavy atom. The second-order valence-electron chi connectivity index (χ2n) is 2.79. The molecule has 1 aromatic rings. The molecule has 1 heterocycles. The molecular formula is C10H9NOS. The topological polar surface area (TPSA) is 20.3 Å². The summed E-state index contributed by atoms with van der Waals surface area (Å²) in [5, 5.41) is 1.93. The van der Waals surface area contributed by atoms with Crippen molar-refractivity contribution in [2.24, 2.45) is 0 Å². The Bertz CT molecular complexity index is 349. The molecule has 66 valence electrons. The fraction of sp³-hybridized carbons (Fsp3) is 0.100. The molecule has 1 amide bonds. The number of amides is 1. The van der Waals surface area contributed by atoms with Crippen LogP contribution in [-0.4, -0.2) is 11.3 Å². The molecule has 0 saturated carbocycles. The van der Waals surface area contributed by atoms with E-state index in [1.165, 1.54) is 10.5 Å². The van der Waals surface area contributed by atoms with Gasteiger partial charge in [0.1, 0.15) is 0 Å². The maximum Gasteiger partial charge on any atom is 0.213 e. The van der Waals surface area contributed by atoms with E-state index in [9.17, 15) is 4.79 Å². The summed E-state index contributed by atoms with van der Waals surface area (Å²) in [6.45, 7) is 0.670. The number of hydrogen-bond donors (Lipinski definition) is 0. The Labute approximate surface area is 81.2 Å². The first kappa shape index (κ1) is 8.38. The smallest absolute Gasteiger partial charge is 0.213 e. The number of carbonyl (C=O) groups excluding carboxylic acids is 1. The van der Waals surface area contributed by atoms with Crippen LogP contribution in [0.2, 0.25) is 0 Å². The van der Waals surface area contributed by atoms with Gasteiger partial charge in [-0.05, 0) is 17.0 Å². The van der Waals surface area contributed by atoms with Gasteiger partial charge in [0.15, 0.2) is 0 Å². The van der Waals surface area contributed by atoms with Gasteiger partial charge in [0.05, 0.1) is 6.54 Å². The first-order chi connectivity index (χ1) is 6.40. The Morgan fingerprint density at radius 2 is 2.23 bits per heavy atom. The van der Waals surface area contributed by atoms with Gasteiger partial charge >= 0.3 is 0 Å². The van der Waals surface area contributed by atoms with Crippen LogP contribution < -0.4 is 0 Å². The van der Waals surface area contributed by atoms with Gasteiger partial charge in [0.25, 0.3) is 0 Å². The standard InChI is InChI=1S/C10H9NOS/c12-8-11-5-6-13-10-4-2-1-3-9(10)7-11/h1-6,8H,7H2. The summed E-state index contributed by atoms with van der Waals surface area (Å²) < 4.78 is 0. The second-order valence-corrected chi connectivity index (χ2v) is 3.74. The number of thioether (sulfide) groups is 1. The van der Waals surface area contributed by atoms with Crippen molar-refractivity contribution in [1.29, 1.82) is 0 Å². The Kier molecular flexibility index (Phi) is 2.36. The van der Waals surface area contributed by atoms with Gasteiger partial charge in [-0.3, -0.25) is 4.79 Å². The van der Waals surface area contributed by atoms with Crippen molar-refractivity contribution in [2.75, 3.05) is 0 Å². The summed E-state index contributed by atoms with van der Waals surface area (Å²) in [6.07, 6.45) is 2.65. The second kappa shape index (κ2) is 3.66. The van der Waals surface area contributed by atoms with Crippen molar-refractivity contribution in [3.63, 3.8) is 0 Å². The van der Waals surface area contributed by atoms with Crippen LogP contribution in [0, 0.1) is 0 Å². The highest BCUT2D eigenvalue weighted by molar-refractivity contribution is 8.02. The summed E-state index contributed by atoms with van der Waals surface area (Å²) >= 11 is 1.65. The average Bonchev–Trinajstić information content (AvgIpc) is 2.38. The number of carbonyl (C=O) groups is 1. The highest BCUT2D eigenvalue weighted by Gasteiger charge is 2.07. The molecule has 0 N–H and O–H groups in total. The quantitative estimate of drug-likeness (QED) is 0.634. The zero-order chi connectivity index (χ0) is 9.10. The van der Waals surface area contributed by atoms with E-state index in [2.05, 4.69) is 6.07 Å². The normalized spacial score (nSPS) is 14.9. The van der Waals surface area contributed by atoms with E-state index in [1.54, 1.807) is 22.9 Å². The zero-order valence-corrected chi connectivity index (χ0v) is 7.83. The first-order valence-corrected chi connectivity index (χ1v) is 4.90. The summed E-state index contributed by atoms with van der Waals surface area (Å²) in [7, 11) is 0. The SMILES string of the molecule is O=CN1C=CSc2ccccc2C1. The molecular weight excluding hydrogens is 182 g/mol. The van der Waals surface area contributed by atoms with Crippen LogP contribution in [-0.2, 0) is 11.3 Å². The molecule has 0 fully saturated rings. The maximum atomic E-state index is 10.6. The zero-order valence-electron chi connectivity index (χ0n) is 7.01. The highest BCUT2D eigenvalue weighted by atomic mass is 32.2. The lowest BCUT2D eigenvalue weighted by atomic mass is 10.2. The number of fused-ring (bicyclic) bond motifs is 1. The molecule has 0 aliphatic carbocycles. The van der Waals surface area contributed by atoms with Crippen molar-refractivity contribution in [3.8, 4) is 0 Å². The van der Waals surface area contributed by atoms with Crippen molar-refractivity contribution >= 4 is 18.2 Å². The highest BCUT2D eigenvalue weighted by Crippen LogP contribution is 2.27. The van der Waals surface area contributed by atoms with Crippen molar-refractivity contribution in [3.05, 3.63) is 41.4 Å². The number of hydrogen-bond acceptors (Lipinski definition) is 2. The van der Waals surface area contributed by atoms with Gasteiger partial charge < -0.3 is 4.90 Å². The third-order valence-corrected chi connectivity index (χ3v) is 2.82. The molecule has 1 aliphatic heterocycles. The molecule has 1 aliphatic rings. The van der Waals surface area contributed by atoms with E-state index >= 15 is 0 Å². The minimum Gasteiger partial charge on any atom is -0.317 e. The number of rotatable bonds is 1. The van der Waals surface area contributed by atoms with E-state index in [0.717, 1.165) is 6.41 Å². The van der Waals surface area contributed by atoms with Crippen LogP contribution in [0.1, 0.15) is 5.56 Å². The third-order valence-electron chi connectivity index (χ3n) is 1.91. The molecule has 13 heavy (non-hydrogen) atoms. The average molecular weight is 191 g/mol. The molecule has 1 aromatic carbocycles. The molecule has 0 atom stereocenters. The molecule has 0 spiro atoms. The lowest BCUT2D eigenvalue weighted by molar-refractivity contribution is -0.116. The van der Waals surface area contributed by atoms with Gasteiger partial charge in [-0.15, -0.1) is 0 Å². The van der Waals surface area contributed by atoms with E-state index in [1.807, 2.05) is 23.6 Å². The Morgan fingerprint density at radius 1 is 1.38 bits per heavy atom. The van der Waals surface area contributed by atoms with E-state index < -0.39 is 0 Å². The van der Waals surface area contributed by atoms with Crippen LogP contribution in [0.25, 0.3) is 0 Å². The van der Waals surface area contributed by atoms with Crippen molar-refractivity contribution < 1.29 is 4.79 Å². The monoisotopic (exact) mass is 191 g/mol. The lowest BCUT2D eigenvalue weighted by Crippen LogP contribution is -2.13. The minimum atomic E-state index is 0.670. The van der Waals surface area contributed by atoms with E-state index in [-0.39, 0.29) is 0 Å². The molecule has 0 saturated heterocycles. The molecule has 0 radical (unpaired) electrons. The fourth-order valence-electron chi connectivity index (χ4n) is 1.25. The molecule has 0 unspecified atom stereocenters. The molecule has 2 nitrogen and oxygen atoms in total. The van der Waals surface area contributed by atoms with E-state index in [0.29, 0.717) is 6.54 Å². The van der Waals surface area contributed by atoms with Crippen LogP contribution in [0.15, 0.2) is 40.8 Å². The fourth-order valence-corrected chi connectivity index (χ4v) is 2.06. The van der Waals surface area contributed by atoms with Gasteiger partial charge in [-0.1, -0.05) is 30.0 Å². The molecule has 0 bridgehead atoms. The van der Waals surface area contributed by atoms with Gasteiger partial charge in [-0.2, -0.15) is 0 Å². The lowest BCUT2D eigenvalue weighted by Gasteiger charge is -2.10. The third kappa shape index (κ3) is 1.75. The summed E-state index contributed by atoms with van der Waals surface area (Å²) in [4.78, 5) is 13.5. The number of benzene rings is 1.